The SMILES string of the molecule is CC[C@H]1c2cccc(O)c2C(=O)C2=C(O)[C@]3(O)C(=O)C(C(N)=O)=C(O)[C@@H](NC)[C@@H]3C[C@@H]21. The van der Waals surface area contributed by atoms with E-state index < -0.39 is 58.0 Å². The number of carbonyl (C=O) groups excluding carboxylic acids is 3. The summed E-state index contributed by atoms with van der Waals surface area (Å²) in [5.74, 6) is -6.79. The number of likely N-dealkylation sites (N-methyl/N-ethyl adjacent to an activating group) is 1. The lowest BCUT2D eigenvalue weighted by Crippen LogP contribution is -2.64. The number of phenolic OH excluding ortho intramolecular Hbond substituents is 1. The molecule has 0 unspecified atom stereocenters. The summed E-state index contributed by atoms with van der Waals surface area (Å²) < 4.78 is 0. The van der Waals surface area contributed by atoms with Crippen molar-refractivity contribution in [3.63, 3.8) is 0 Å². The Hall–Kier alpha value is -3.17. The number of primary amides is 1. The molecular formula is C22H24N2O7. The van der Waals surface area contributed by atoms with Crippen molar-refractivity contribution in [2.45, 2.75) is 37.3 Å². The highest BCUT2D eigenvalue weighted by Gasteiger charge is 2.63. The highest BCUT2D eigenvalue weighted by molar-refractivity contribution is 6.24. The number of hydrogen-bond acceptors (Lipinski definition) is 8. The summed E-state index contributed by atoms with van der Waals surface area (Å²) in [5.41, 5.74) is 2.32. The number of ketones is 2. The highest BCUT2D eigenvalue weighted by Crippen LogP contribution is 2.55. The Morgan fingerprint density at radius 1 is 1.26 bits per heavy atom. The predicted octanol–water partition coefficient (Wildman–Crippen LogP) is 0.730. The van der Waals surface area contributed by atoms with Crippen LogP contribution in [0, 0.1) is 11.8 Å². The van der Waals surface area contributed by atoms with Crippen LogP contribution in [0.2, 0.25) is 0 Å². The maximum Gasteiger partial charge on any atom is 0.255 e. The normalized spacial score (nSPS) is 32.5. The van der Waals surface area contributed by atoms with Gasteiger partial charge in [0.1, 0.15) is 22.8 Å². The van der Waals surface area contributed by atoms with Gasteiger partial charge in [0.25, 0.3) is 5.91 Å². The second-order valence-corrected chi connectivity index (χ2v) is 8.28. The van der Waals surface area contributed by atoms with Crippen molar-refractivity contribution in [3.05, 3.63) is 52.0 Å². The van der Waals surface area contributed by atoms with E-state index in [-0.39, 0.29) is 29.2 Å². The van der Waals surface area contributed by atoms with Crippen molar-refractivity contribution < 1.29 is 34.8 Å². The third-order valence-corrected chi connectivity index (χ3v) is 6.99. The van der Waals surface area contributed by atoms with Gasteiger partial charge in [-0.05, 0) is 43.4 Å². The Balaban J connectivity index is 2.01. The van der Waals surface area contributed by atoms with Crippen molar-refractivity contribution in [2.24, 2.45) is 17.6 Å². The minimum atomic E-state index is -2.62. The number of phenols is 1. The lowest BCUT2D eigenvalue weighted by atomic mass is 9.56. The molecule has 3 aliphatic rings. The number of hydrogen-bond donors (Lipinski definition) is 6. The van der Waals surface area contributed by atoms with Crippen molar-refractivity contribution in [2.75, 3.05) is 7.05 Å². The monoisotopic (exact) mass is 428 g/mol. The molecule has 0 heterocycles. The number of rotatable bonds is 3. The zero-order valence-corrected chi connectivity index (χ0v) is 17.0. The number of aliphatic hydroxyl groups is 3. The second kappa shape index (κ2) is 6.93. The van der Waals surface area contributed by atoms with E-state index >= 15 is 0 Å². The fraction of sp³-hybridized carbons (Fsp3) is 0.409. The molecule has 0 radical (unpaired) electrons. The molecule has 1 amide bonds. The van der Waals surface area contributed by atoms with Gasteiger partial charge in [-0.1, -0.05) is 19.1 Å². The van der Waals surface area contributed by atoms with Gasteiger partial charge in [0.15, 0.2) is 11.4 Å². The maximum absolute atomic E-state index is 13.3. The third kappa shape index (κ3) is 2.53. The first-order valence-corrected chi connectivity index (χ1v) is 10.1. The van der Waals surface area contributed by atoms with Gasteiger partial charge in [-0.3, -0.25) is 14.4 Å². The molecule has 7 N–H and O–H groups in total. The first-order chi connectivity index (χ1) is 14.6. The van der Waals surface area contributed by atoms with E-state index in [1.807, 2.05) is 6.92 Å². The first-order valence-electron chi connectivity index (χ1n) is 10.1. The molecule has 3 aliphatic carbocycles. The standard InChI is InChI=1S/C22H24N2O7/c1-3-8-9-5-4-6-12(25)13(9)17(26)14-10(8)7-11-16(24-2)18(27)15(21(23)30)20(29)22(11,31)19(14)28/h4-6,8,10-11,16,24-25,27-28,31H,3,7H2,1-2H3,(H2,23,30)/t8-,10+,11-,16-,22-/m0/s1. The van der Waals surface area contributed by atoms with Gasteiger partial charge in [0, 0.05) is 11.5 Å². The molecule has 31 heavy (non-hydrogen) atoms. The number of nitrogens with one attached hydrogen (secondary N) is 1. The maximum atomic E-state index is 13.3. The fourth-order valence-electron chi connectivity index (χ4n) is 5.61. The summed E-state index contributed by atoms with van der Waals surface area (Å²) in [6, 6.07) is 3.68. The van der Waals surface area contributed by atoms with Gasteiger partial charge in [-0.15, -0.1) is 0 Å². The number of Topliss-reactive ketones (excluding diaryl/α,β-unsaturated/α-hetero) is 2. The molecule has 0 saturated heterocycles. The van der Waals surface area contributed by atoms with E-state index in [0.29, 0.717) is 12.0 Å². The molecule has 0 saturated carbocycles. The number of aliphatic hydroxyl groups excluding tert-OH is 2. The molecule has 164 valence electrons. The van der Waals surface area contributed by atoms with Gasteiger partial charge in [0.05, 0.1) is 11.6 Å². The molecule has 9 nitrogen and oxygen atoms in total. The van der Waals surface area contributed by atoms with Crippen LogP contribution in [0.3, 0.4) is 0 Å². The Labute approximate surface area is 177 Å². The predicted molar refractivity (Wildman–Crippen MR) is 108 cm³/mol. The third-order valence-electron chi connectivity index (χ3n) is 6.99. The van der Waals surface area contributed by atoms with E-state index in [1.165, 1.54) is 13.1 Å². The first kappa shape index (κ1) is 21.1. The summed E-state index contributed by atoms with van der Waals surface area (Å²) in [5, 5.41) is 46.3. The zero-order chi connectivity index (χ0) is 22.8. The average molecular weight is 428 g/mol. The van der Waals surface area contributed by atoms with Gasteiger partial charge >= 0.3 is 0 Å². The largest absolute Gasteiger partial charge is 0.510 e. The van der Waals surface area contributed by atoms with Crippen LogP contribution in [0.1, 0.15) is 41.6 Å². The van der Waals surface area contributed by atoms with E-state index in [1.54, 1.807) is 12.1 Å². The summed E-state index contributed by atoms with van der Waals surface area (Å²) in [4.78, 5) is 38.3. The van der Waals surface area contributed by atoms with Crippen LogP contribution in [0.25, 0.3) is 0 Å². The minimum Gasteiger partial charge on any atom is -0.510 e. The number of fused-ring (bicyclic) bond motifs is 3. The average Bonchev–Trinajstić information content (AvgIpc) is 2.71. The Kier molecular flexibility index (Phi) is 4.71. The summed E-state index contributed by atoms with van der Waals surface area (Å²) >= 11 is 0. The summed E-state index contributed by atoms with van der Waals surface area (Å²) in [6.07, 6.45) is 0.630. The number of allylic oxidation sites excluding steroid dienone is 1. The van der Waals surface area contributed by atoms with Crippen molar-refractivity contribution in [3.8, 4) is 5.75 Å². The number of amides is 1. The van der Waals surface area contributed by atoms with Gasteiger partial charge in [-0.2, -0.15) is 0 Å². The Morgan fingerprint density at radius 3 is 2.52 bits per heavy atom. The summed E-state index contributed by atoms with van der Waals surface area (Å²) in [6.45, 7) is 1.90. The topological polar surface area (TPSA) is 170 Å². The van der Waals surface area contributed by atoms with Crippen molar-refractivity contribution in [1.82, 2.24) is 5.32 Å². The molecule has 1 aromatic carbocycles. The molecule has 0 bridgehead atoms. The minimum absolute atomic E-state index is 0.0242. The fourth-order valence-corrected chi connectivity index (χ4v) is 5.61. The van der Waals surface area contributed by atoms with Crippen molar-refractivity contribution in [1.29, 1.82) is 0 Å². The smallest absolute Gasteiger partial charge is 0.255 e. The van der Waals surface area contributed by atoms with Gasteiger partial charge < -0.3 is 31.5 Å². The van der Waals surface area contributed by atoms with Crippen molar-refractivity contribution >= 4 is 17.5 Å². The molecule has 0 spiro atoms. The van der Waals surface area contributed by atoms with Crippen LogP contribution in [-0.2, 0) is 9.59 Å². The van der Waals surface area contributed by atoms with Crippen LogP contribution >= 0.6 is 0 Å². The second-order valence-electron chi connectivity index (χ2n) is 8.28. The molecule has 5 atom stereocenters. The highest BCUT2D eigenvalue weighted by atomic mass is 16.3. The molecule has 0 aromatic heterocycles. The number of nitrogens with two attached hydrogens (primary N) is 1. The number of benzene rings is 1. The van der Waals surface area contributed by atoms with Gasteiger partial charge in [0.2, 0.25) is 5.78 Å². The molecule has 4 rings (SSSR count). The van der Waals surface area contributed by atoms with Crippen LogP contribution < -0.4 is 11.1 Å². The molecule has 1 aromatic rings. The zero-order valence-electron chi connectivity index (χ0n) is 17.0. The van der Waals surface area contributed by atoms with E-state index in [9.17, 15) is 34.8 Å². The molecule has 9 heteroatoms. The van der Waals surface area contributed by atoms with Gasteiger partial charge in [-0.25, -0.2) is 0 Å². The van der Waals surface area contributed by atoms with E-state index in [2.05, 4.69) is 5.32 Å². The Bertz CT molecular complexity index is 1090. The molecule has 0 fully saturated rings. The quantitative estimate of drug-likeness (QED) is 0.383. The lowest BCUT2D eigenvalue weighted by Gasteiger charge is -2.50. The van der Waals surface area contributed by atoms with E-state index in [4.69, 9.17) is 5.73 Å². The number of carbonyl (C=O) groups is 3. The molecular weight excluding hydrogens is 404 g/mol. The summed E-state index contributed by atoms with van der Waals surface area (Å²) in [7, 11) is 1.47. The van der Waals surface area contributed by atoms with Crippen LogP contribution in [0.15, 0.2) is 40.9 Å². The Morgan fingerprint density at radius 2 is 1.94 bits per heavy atom. The van der Waals surface area contributed by atoms with E-state index in [0.717, 1.165) is 0 Å². The van der Waals surface area contributed by atoms with Crippen LogP contribution in [0.4, 0.5) is 0 Å². The van der Waals surface area contributed by atoms with Crippen LogP contribution in [0.5, 0.6) is 5.75 Å². The number of aromatic hydroxyl groups is 1. The van der Waals surface area contributed by atoms with Crippen LogP contribution in [-0.4, -0.2) is 56.6 Å². The lowest BCUT2D eigenvalue weighted by molar-refractivity contribution is -0.146. The molecule has 0 aliphatic heterocycles.